The predicted octanol–water partition coefficient (Wildman–Crippen LogP) is 2.77. The lowest BCUT2D eigenvalue weighted by atomic mass is 10.0. The molecule has 1 saturated heterocycles. The number of carbonyl (C=O) groups excluding carboxylic acids is 1. The molecule has 1 aliphatic heterocycles. The highest BCUT2D eigenvalue weighted by Crippen LogP contribution is 2.21. The number of piperidine rings is 1. The van der Waals surface area contributed by atoms with E-state index in [0.29, 0.717) is 18.1 Å². The van der Waals surface area contributed by atoms with Crippen LogP contribution in [0, 0.1) is 5.82 Å². The van der Waals surface area contributed by atoms with Gasteiger partial charge in [-0.15, -0.1) is 24.8 Å². The molecule has 2 unspecified atom stereocenters. The van der Waals surface area contributed by atoms with Crippen LogP contribution < -0.4 is 11.1 Å². The number of benzene rings is 1. The largest absolute Gasteiger partial charge is 0.380 e. The van der Waals surface area contributed by atoms with Crippen LogP contribution in [-0.4, -0.2) is 49.7 Å². The highest BCUT2D eigenvalue weighted by Gasteiger charge is 2.23. The molecule has 1 fully saturated rings. The molecule has 0 aromatic heterocycles. The summed E-state index contributed by atoms with van der Waals surface area (Å²) in [5.74, 6) is -0.376. The standard InChI is InChI=1S/C17H25ClFN3O2.2ClH/c1-24-15(9-20)8-17(23)21-14-3-2-6-22(11-14)10-12-4-5-13(19)7-16(12)18;;/h4-5,7,14-15H,2-3,6,8-11,20H2,1H3,(H,21,23);2*1H. The lowest BCUT2D eigenvalue weighted by Crippen LogP contribution is -2.48. The number of halogens is 4. The fourth-order valence-corrected chi connectivity index (χ4v) is 3.19. The molecule has 0 spiro atoms. The van der Waals surface area contributed by atoms with E-state index in [4.69, 9.17) is 22.1 Å². The smallest absolute Gasteiger partial charge is 0.222 e. The quantitative estimate of drug-likeness (QED) is 0.698. The fourth-order valence-electron chi connectivity index (χ4n) is 2.96. The molecule has 0 aliphatic carbocycles. The minimum absolute atomic E-state index is 0. The molecule has 9 heteroatoms. The normalized spacial score (nSPS) is 18.4. The van der Waals surface area contributed by atoms with Crippen LogP contribution in [0.4, 0.5) is 4.39 Å². The van der Waals surface area contributed by atoms with Crippen molar-refractivity contribution in [3.05, 3.63) is 34.6 Å². The van der Waals surface area contributed by atoms with E-state index in [9.17, 15) is 9.18 Å². The zero-order valence-electron chi connectivity index (χ0n) is 14.7. The minimum Gasteiger partial charge on any atom is -0.380 e. The van der Waals surface area contributed by atoms with E-state index in [1.807, 2.05) is 0 Å². The number of nitrogens with one attached hydrogen (secondary N) is 1. The minimum atomic E-state index is -0.333. The number of ether oxygens (including phenoxy) is 1. The monoisotopic (exact) mass is 429 g/mol. The van der Waals surface area contributed by atoms with E-state index in [0.717, 1.165) is 31.5 Å². The van der Waals surface area contributed by atoms with Gasteiger partial charge >= 0.3 is 0 Å². The van der Waals surface area contributed by atoms with E-state index in [-0.39, 0.29) is 55.1 Å². The third-order valence-corrected chi connectivity index (χ3v) is 4.64. The van der Waals surface area contributed by atoms with Gasteiger partial charge in [0, 0.05) is 37.8 Å². The van der Waals surface area contributed by atoms with Crippen molar-refractivity contribution in [3.8, 4) is 0 Å². The molecule has 2 atom stereocenters. The van der Waals surface area contributed by atoms with Crippen LogP contribution in [0.1, 0.15) is 24.8 Å². The summed E-state index contributed by atoms with van der Waals surface area (Å²) in [6.45, 7) is 2.65. The van der Waals surface area contributed by atoms with Gasteiger partial charge in [-0.3, -0.25) is 9.69 Å². The maximum absolute atomic E-state index is 13.1. The summed E-state index contributed by atoms with van der Waals surface area (Å²) in [5, 5.41) is 3.49. The van der Waals surface area contributed by atoms with E-state index >= 15 is 0 Å². The Morgan fingerprint density at radius 2 is 2.23 bits per heavy atom. The number of nitrogens with zero attached hydrogens (tertiary/aromatic N) is 1. The Morgan fingerprint density at radius 3 is 2.85 bits per heavy atom. The molecule has 26 heavy (non-hydrogen) atoms. The van der Waals surface area contributed by atoms with Gasteiger partial charge in [0.1, 0.15) is 5.82 Å². The number of hydrogen-bond donors (Lipinski definition) is 2. The Hall–Kier alpha value is -0.630. The van der Waals surface area contributed by atoms with Crippen LogP contribution in [0.15, 0.2) is 18.2 Å². The van der Waals surface area contributed by atoms with E-state index in [1.54, 1.807) is 13.2 Å². The van der Waals surface area contributed by atoms with Crippen molar-refractivity contribution in [1.82, 2.24) is 10.2 Å². The molecule has 2 rings (SSSR count). The summed E-state index contributed by atoms with van der Waals surface area (Å²) in [6, 6.07) is 4.56. The Labute approximate surface area is 171 Å². The van der Waals surface area contributed by atoms with Crippen LogP contribution in [0.2, 0.25) is 5.02 Å². The van der Waals surface area contributed by atoms with Crippen LogP contribution in [0.25, 0.3) is 0 Å². The zero-order valence-corrected chi connectivity index (χ0v) is 17.1. The molecular weight excluding hydrogens is 404 g/mol. The van der Waals surface area contributed by atoms with Gasteiger partial charge in [0.2, 0.25) is 5.91 Å². The second kappa shape index (κ2) is 12.7. The molecule has 5 nitrogen and oxygen atoms in total. The molecule has 150 valence electrons. The maximum atomic E-state index is 13.1. The van der Waals surface area contributed by atoms with Gasteiger partial charge in [-0.2, -0.15) is 0 Å². The Kier molecular flexibility index (Phi) is 12.4. The van der Waals surface area contributed by atoms with Crippen molar-refractivity contribution in [3.63, 3.8) is 0 Å². The van der Waals surface area contributed by atoms with E-state index < -0.39 is 0 Å². The third kappa shape index (κ3) is 7.94. The fraction of sp³-hybridized carbons (Fsp3) is 0.588. The molecule has 1 heterocycles. The molecule has 0 radical (unpaired) electrons. The van der Waals surface area contributed by atoms with Gasteiger partial charge in [0.05, 0.1) is 12.5 Å². The zero-order chi connectivity index (χ0) is 17.5. The van der Waals surface area contributed by atoms with Crippen molar-refractivity contribution in [2.24, 2.45) is 5.73 Å². The number of rotatable bonds is 7. The average molecular weight is 431 g/mol. The molecule has 0 saturated carbocycles. The van der Waals surface area contributed by atoms with Crippen molar-refractivity contribution in [2.75, 3.05) is 26.7 Å². The summed E-state index contributed by atoms with van der Waals surface area (Å²) in [5.41, 5.74) is 6.44. The third-order valence-electron chi connectivity index (χ3n) is 4.29. The molecule has 1 aromatic rings. The molecular formula is C17H27Cl3FN3O2. The van der Waals surface area contributed by atoms with Crippen LogP contribution in [0.3, 0.4) is 0 Å². The van der Waals surface area contributed by atoms with Crippen LogP contribution in [-0.2, 0) is 16.1 Å². The first-order chi connectivity index (χ1) is 11.5. The summed E-state index contributed by atoms with van der Waals surface area (Å²) in [4.78, 5) is 14.3. The lowest BCUT2D eigenvalue weighted by Gasteiger charge is -2.33. The van der Waals surface area contributed by atoms with Gasteiger partial charge in [0.15, 0.2) is 0 Å². The molecule has 1 aliphatic rings. The molecule has 0 bridgehead atoms. The van der Waals surface area contributed by atoms with Crippen molar-refractivity contribution in [2.45, 2.75) is 38.0 Å². The first kappa shape index (κ1) is 25.4. The second-order valence-corrected chi connectivity index (χ2v) is 6.58. The summed E-state index contributed by atoms with van der Waals surface area (Å²) < 4.78 is 18.3. The number of amides is 1. The SMILES string of the molecule is COC(CN)CC(=O)NC1CCCN(Cc2ccc(F)cc2Cl)C1.Cl.Cl. The van der Waals surface area contributed by atoms with Gasteiger partial charge in [0.25, 0.3) is 0 Å². The van der Waals surface area contributed by atoms with Crippen molar-refractivity contribution < 1.29 is 13.9 Å². The number of methoxy groups -OCH3 is 1. The van der Waals surface area contributed by atoms with Gasteiger partial charge in [-0.25, -0.2) is 4.39 Å². The second-order valence-electron chi connectivity index (χ2n) is 6.18. The maximum Gasteiger partial charge on any atom is 0.222 e. The van der Waals surface area contributed by atoms with Gasteiger partial charge < -0.3 is 15.8 Å². The van der Waals surface area contributed by atoms with Crippen LogP contribution in [0.5, 0.6) is 0 Å². The first-order valence-corrected chi connectivity index (χ1v) is 8.58. The molecule has 1 amide bonds. The van der Waals surface area contributed by atoms with Crippen LogP contribution >= 0.6 is 36.4 Å². The van der Waals surface area contributed by atoms with Gasteiger partial charge in [-0.05, 0) is 37.1 Å². The Bertz CT molecular complexity index is 562. The Morgan fingerprint density at radius 1 is 1.50 bits per heavy atom. The lowest BCUT2D eigenvalue weighted by molar-refractivity contribution is -0.124. The Balaban J connectivity index is 0.00000312. The predicted molar refractivity (Wildman–Crippen MR) is 107 cm³/mol. The van der Waals surface area contributed by atoms with E-state index in [1.165, 1.54) is 12.1 Å². The molecule has 1 aromatic carbocycles. The highest BCUT2D eigenvalue weighted by atomic mass is 35.5. The van der Waals surface area contributed by atoms with Crippen molar-refractivity contribution in [1.29, 1.82) is 0 Å². The van der Waals surface area contributed by atoms with E-state index in [2.05, 4.69) is 10.2 Å². The summed E-state index contributed by atoms with van der Waals surface area (Å²) in [6.07, 6.45) is 1.96. The number of hydrogen-bond acceptors (Lipinski definition) is 4. The number of carbonyl (C=O) groups is 1. The number of nitrogens with two attached hydrogens (primary N) is 1. The molecule has 3 N–H and O–H groups in total. The van der Waals surface area contributed by atoms with Crippen molar-refractivity contribution >= 4 is 42.3 Å². The highest BCUT2D eigenvalue weighted by molar-refractivity contribution is 6.31. The average Bonchev–Trinajstić information content (AvgIpc) is 2.55. The summed E-state index contributed by atoms with van der Waals surface area (Å²) >= 11 is 6.10. The van der Waals surface area contributed by atoms with Gasteiger partial charge in [-0.1, -0.05) is 17.7 Å². The number of likely N-dealkylation sites (tertiary alicyclic amines) is 1. The summed E-state index contributed by atoms with van der Waals surface area (Å²) in [7, 11) is 1.56. The first-order valence-electron chi connectivity index (χ1n) is 8.20. The topological polar surface area (TPSA) is 67.6 Å².